The summed E-state index contributed by atoms with van der Waals surface area (Å²) in [6.07, 6.45) is 22.3. The van der Waals surface area contributed by atoms with Gasteiger partial charge in [-0.2, -0.15) is 0 Å². The molecular weight excluding hydrogens is 659 g/mol. The molecule has 0 bridgehead atoms. The molecule has 51 heavy (non-hydrogen) atoms. The van der Waals surface area contributed by atoms with Gasteiger partial charge in [-0.15, -0.1) is 0 Å². The lowest BCUT2D eigenvalue weighted by atomic mass is 10.00. The van der Waals surface area contributed by atoms with Gasteiger partial charge in [0.1, 0.15) is 17.9 Å². The molecule has 0 spiro atoms. The molecule has 8 nitrogen and oxygen atoms in total. The normalized spacial score (nSPS) is 13.5. The highest BCUT2D eigenvalue weighted by Gasteiger charge is 2.40. The molecule has 0 aliphatic carbocycles. The van der Waals surface area contributed by atoms with Crippen LogP contribution in [0.2, 0.25) is 0 Å². The van der Waals surface area contributed by atoms with E-state index >= 15 is 0 Å². The number of hydrogen-bond donors (Lipinski definition) is 1. The van der Waals surface area contributed by atoms with Crippen LogP contribution < -0.4 is 9.80 Å². The summed E-state index contributed by atoms with van der Waals surface area (Å²) in [4.78, 5) is 28.3. The van der Waals surface area contributed by atoms with Crippen molar-refractivity contribution in [2.75, 3.05) is 32.6 Å². The van der Waals surface area contributed by atoms with Crippen molar-refractivity contribution in [3.8, 4) is 0 Å². The minimum absolute atomic E-state index is 0.146. The van der Waals surface area contributed by atoms with E-state index in [2.05, 4.69) is 81.2 Å². The number of unbranched alkanes of at least 4 members (excludes halogenated alkanes) is 13. The number of carbonyl (C=O) groups is 2. The lowest BCUT2D eigenvalue weighted by molar-refractivity contribution is -0.135. The van der Waals surface area contributed by atoms with Crippen molar-refractivity contribution >= 4 is 33.3 Å². The summed E-state index contributed by atoms with van der Waals surface area (Å²) in [5.74, 6) is 0.388. The van der Waals surface area contributed by atoms with Gasteiger partial charge in [-0.25, -0.2) is 12.9 Å². The molecule has 288 valence electrons. The highest BCUT2D eigenvalue weighted by atomic mass is 32.2. The molecule has 0 unspecified atom stereocenters. The van der Waals surface area contributed by atoms with E-state index < -0.39 is 10.1 Å². The van der Waals surface area contributed by atoms with Crippen LogP contribution in [0.5, 0.6) is 0 Å². The van der Waals surface area contributed by atoms with E-state index in [1.807, 2.05) is 0 Å². The van der Waals surface area contributed by atoms with Crippen LogP contribution in [0.1, 0.15) is 145 Å². The number of nitrogens with zero attached hydrogens (tertiary/aromatic N) is 2. The molecule has 2 amide bonds. The second-order valence-electron chi connectivity index (χ2n) is 14.8. The number of quaternary nitrogens is 1. The number of rotatable bonds is 22. The first kappa shape index (κ1) is 44.4. The fraction of sp³-hybridized carbons (Fsp3) is 0.667. The molecule has 2 aromatic rings. The maximum atomic E-state index is 13.2. The number of nitrogens with one attached hydrogen (secondary N) is 1. The number of amides is 2. The summed E-state index contributed by atoms with van der Waals surface area (Å²) >= 11 is 0. The summed E-state index contributed by atoms with van der Waals surface area (Å²) in [7, 11) is -3.92. The Morgan fingerprint density at radius 1 is 0.765 bits per heavy atom. The van der Waals surface area contributed by atoms with Gasteiger partial charge >= 0.3 is 0 Å². The first-order chi connectivity index (χ1) is 24.3. The Morgan fingerprint density at radius 2 is 1.22 bits per heavy atom. The van der Waals surface area contributed by atoms with E-state index in [4.69, 9.17) is 13.0 Å². The summed E-state index contributed by atoms with van der Waals surface area (Å²) in [5, 5.41) is 3.28. The average molecular weight is 728 g/mol. The molecule has 3 rings (SSSR count). The van der Waals surface area contributed by atoms with Gasteiger partial charge in [-0.3, -0.25) is 14.5 Å². The van der Waals surface area contributed by atoms with Crippen molar-refractivity contribution in [3.63, 3.8) is 0 Å². The van der Waals surface area contributed by atoms with E-state index in [1.165, 1.54) is 111 Å². The Kier molecular flexibility index (Phi) is 20.7. The largest absolute Gasteiger partial charge is 0.748 e. The Balaban J connectivity index is 0.00000168. The van der Waals surface area contributed by atoms with Crippen LogP contribution in [0.25, 0.3) is 0 Å². The first-order valence-electron chi connectivity index (χ1n) is 19.8. The molecular formula is C42H69N3O5S. The van der Waals surface area contributed by atoms with Gasteiger partial charge in [0.05, 0.1) is 16.7 Å². The van der Waals surface area contributed by atoms with Gasteiger partial charge in [0.15, 0.2) is 6.67 Å². The predicted octanol–water partition coefficient (Wildman–Crippen LogP) is 9.68. The number of aryl methyl sites for hydroxylation is 2. The quantitative estimate of drug-likeness (QED) is 0.0739. The summed E-state index contributed by atoms with van der Waals surface area (Å²) in [6, 6.07) is 13.1. The van der Waals surface area contributed by atoms with Crippen LogP contribution in [0, 0.1) is 27.7 Å². The van der Waals surface area contributed by atoms with Crippen LogP contribution in [0.4, 0.5) is 11.4 Å². The van der Waals surface area contributed by atoms with Crippen LogP contribution >= 0.6 is 0 Å². The molecule has 0 saturated carbocycles. The van der Waals surface area contributed by atoms with Crippen LogP contribution in [-0.4, -0.2) is 62.2 Å². The van der Waals surface area contributed by atoms with Gasteiger partial charge in [0.25, 0.3) is 0 Å². The van der Waals surface area contributed by atoms with E-state index in [9.17, 15) is 9.59 Å². The highest BCUT2D eigenvalue weighted by Crippen LogP contribution is 2.41. The number of hydrogen-bond acceptors (Lipinski definition) is 5. The minimum atomic E-state index is -3.92. The standard InChI is InChI=1S/C41H65N3O2.CH4O3S/c1-6-7-8-9-10-11-12-13-14-15-16-17-18-19-28-40(45)42-30-32-44(33-43-31-21-20-29-41(43)46,38-26-22-24-34(2)36(38)4)39-27-23-25-35(3)37(39)5;1-5(2,3)4/h22-27H,6-21,28-33H2,1-5H3;1H3,(H,2,3,4). The minimum Gasteiger partial charge on any atom is -0.748 e. The van der Waals surface area contributed by atoms with Crippen molar-refractivity contribution in [1.82, 2.24) is 14.7 Å². The molecule has 1 aliphatic heterocycles. The monoisotopic (exact) mass is 727 g/mol. The third-order valence-corrected chi connectivity index (χ3v) is 10.5. The lowest BCUT2D eigenvalue weighted by Crippen LogP contribution is -2.57. The van der Waals surface area contributed by atoms with E-state index in [0.717, 1.165) is 32.2 Å². The van der Waals surface area contributed by atoms with Crippen LogP contribution in [-0.2, 0) is 19.7 Å². The Hall–Kier alpha value is -2.75. The Bertz CT molecular complexity index is 1380. The number of benzene rings is 2. The Labute approximate surface area is 311 Å². The zero-order valence-corrected chi connectivity index (χ0v) is 33.7. The molecule has 1 fully saturated rings. The number of piperidine rings is 1. The third-order valence-electron chi connectivity index (χ3n) is 10.5. The summed E-state index contributed by atoms with van der Waals surface area (Å²) in [6.45, 7) is 13.7. The molecule has 0 atom stereocenters. The SMILES string of the molecule is CCCCCCCCCCCCCCCCC(=O)NCC[N+](CN1CCCCC1=O)(c1cccc(C)c1C)c1cccc(C)c1C.CS(=O)(=O)[O-]. The second-order valence-corrected chi connectivity index (χ2v) is 16.2. The van der Waals surface area contributed by atoms with Gasteiger partial charge in [0.2, 0.25) is 11.8 Å². The van der Waals surface area contributed by atoms with E-state index in [1.54, 1.807) is 0 Å². The fourth-order valence-corrected chi connectivity index (χ4v) is 7.25. The van der Waals surface area contributed by atoms with Gasteiger partial charge in [0, 0.05) is 36.8 Å². The molecule has 1 N–H and O–H groups in total. The fourth-order valence-electron chi connectivity index (χ4n) is 7.25. The van der Waals surface area contributed by atoms with Gasteiger partial charge < -0.3 is 9.87 Å². The molecule has 0 radical (unpaired) electrons. The van der Waals surface area contributed by atoms with E-state index in [0.29, 0.717) is 43.3 Å². The lowest BCUT2D eigenvalue weighted by Gasteiger charge is -2.44. The first-order valence-corrected chi connectivity index (χ1v) is 21.6. The average Bonchev–Trinajstić information content (AvgIpc) is 3.07. The van der Waals surface area contributed by atoms with Crippen molar-refractivity contribution in [1.29, 1.82) is 0 Å². The van der Waals surface area contributed by atoms with Crippen molar-refractivity contribution in [2.45, 2.75) is 150 Å². The molecule has 9 heteroatoms. The third kappa shape index (κ3) is 16.6. The van der Waals surface area contributed by atoms with Gasteiger partial charge in [-0.1, -0.05) is 115 Å². The zero-order valence-electron chi connectivity index (χ0n) is 32.9. The number of carbonyl (C=O) groups excluding carboxylic acids is 2. The summed E-state index contributed by atoms with van der Waals surface area (Å²) in [5.41, 5.74) is 7.43. The highest BCUT2D eigenvalue weighted by molar-refractivity contribution is 7.84. The molecule has 1 aliphatic rings. The van der Waals surface area contributed by atoms with Crippen LogP contribution in [0.3, 0.4) is 0 Å². The summed E-state index contributed by atoms with van der Waals surface area (Å²) < 4.78 is 27.8. The maximum absolute atomic E-state index is 13.2. The molecule has 2 aromatic carbocycles. The zero-order chi connectivity index (χ0) is 37.7. The molecule has 0 aromatic heterocycles. The van der Waals surface area contributed by atoms with Crippen LogP contribution in [0.15, 0.2) is 36.4 Å². The molecule has 1 saturated heterocycles. The van der Waals surface area contributed by atoms with Crippen molar-refractivity contribution < 1.29 is 22.6 Å². The van der Waals surface area contributed by atoms with Crippen molar-refractivity contribution in [2.24, 2.45) is 0 Å². The Morgan fingerprint density at radius 3 is 1.67 bits per heavy atom. The van der Waals surface area contributed by atoms with Crippen molar-refractivity contribution in [3.05, 3.63) is 58.7 Å². The maximum Gasteiger partial charge on any atom is 0.226 e. The van der Waals surface area contributed by atoms with E-state index in [-0.39, 0.29) is 11.8 Å². The smallest absolute Gasteiger partial charge is 0.226 e. The van der Waals surface area contributed by atoms with Gasteiger partial charge in [-0.05, 0) is 70.2 Å². The topological polar surface area (TPSA) is 107 Å². The second kappa shape index (κ2) is 23.7. The predicted molar refractivity (Wildman–Crippen MR) is 212 cm³/mol. The molecule has 1 heterocycles. The number of likely N-dealkylation sites (tertiary alicyclic amines) is 1.